The van der Waals surface area contributed by atoms with Crippen LogP contribution in [-0.4, -0.2) is 43.7 Å². The normalized spacial score (nSPS) is 21.1. The van der Waals surface area contributed by atoms with E-state index in [0.717, 1.165) is 51.2 Å². The van der Waals surface area contributed by atoms with Gasteiger partial charge >= 0.3 is 0 Å². The first-order valence-corrected chi connectivity index (χ1v) is 11.7. The van der Waals surface area contributed by atoms with Gasteiger partial charge in [-0.25, -0.2) is 14.6 Å². The van der Waals surface area contributed by atoms with Crippen molar-refractivity contribution in [1.82, 2.24) is 30.0 Å². The van der Waals surface area contributed by atoms with E-state index < -0.39 is 0 Å². The Morgan fingerprint density at radius 1 is 1.35 bits per heavy atom. The average Bonchev–Trinajstić information content (AvgIpc) is 3.41. The molecule has 0 spiro atoms. The molecule has 8 nitrogen and oxygen atoms in total. The third-order valence-corrected chi connectivity index (χ3v) is 7.47. The molecule has 1 aliphatic carbocycles. The van der Waals surface area contributed by atoms with Crippen LogP contribution in [0.2, 0.25) is 0 Å². The molecular weight excluding hydrogens is 478 g/mol. The molecule has 0 unspecified atom stereocenters. The number of fused-ring (bicyclic) bond motifs is 2. The molecule has 0 saturated heterocycles. The minimum Gasteiger partial charge on any atom is -0.359 e. The number of benzene rings is 1. The maximum absolute atomic E-state index is 12.2. The summed E-state index contributed by atoms with van der Waals surface area (Å²) in [5.41, 5.74) is 2.27. The van der Waals surface area contributed by atoms with E-state index in [0.29, 0.717) is 10.6 Å². The highest BCUT2D eigenvalue weighted by Crippen LogP contribution is 2.39. The molecule has 1 aliphatic rings. The van der Waals surface area contributed by atoms with Crippen LogP contribution in [0.25, 0.3) is 26.9 Å². The molecule has 4 aromatic rings. The number of aromatic nitrogens is 5. The molecule has 1 amide bonds. The third-order valence-electron chi connectivity index (χ3n) is 5.95. The van der Waals surface area contributed by atoms with Crippen LogP contribution in [0.1, 0.15) is 31.2 Å². The molecule has 160 valence electrons. The van der Waals surface area contributed by atoms with Crippen LogP contribution >= 0.6 is 27.3 Å². The molecule has 0 radical (unpaired) electrons. The standard InChI is InChI=1S/C21H22BrN7OS/c1-11-25-15-5-4-13(8-16(15)31-11)29-18-14(17(22)28-29)10-24-20(27-18)26-12-6-7-21(2,9-12)19(30)23-3/h4-5,8,10,12H,6-7,9H2,1-3H3,(H,23,30)(H,24,26,27)/t12-,21-/m1/s1. The molecule has 1 saturated carbocycles. The Bertz CT molecular complexity index is 1320. The van der Waals surface area contributed by atoms with Crippen molar-refractivity contribution in [3.8, 4) is 5.69 Å². The number of aryl methyl sites for hydroxylation is 1. The van der Waals surface area contributed by atoms with Crippen LogP contribution in [0.5, 0.6) is 0 Å². The van der Waals surface area contributed by atoms with Gasteiger partial charge in [-0.05, 0) is 60.3 Å². The smallest absolute Gasteiger partial charge is 0.225 e. The number of hydrogen-bond acceptors (Lipinski definition) is 7. The van der Waals surface area contributed by atoms with Gasteiger partial charge in [0.2, 0.25) is 11.9 Å². The lowest BCUT2D eigenvalue weighted by atomic mass is 9.87. The monoisotopic (exact) mass is 499 g/mol. The number of halogens is 1. The second kappa shape index (κ2) is 7.52. The minimum absolute atomic E-state index is 0.0869. The third kappa shape index (κ3) is 3.57. The van der Waals surface area contributed by atoms with Gasteiger partial charge in [-0.2, -0.15) is 10.1 Å². The van der Waals surface area contributed by atoms with Crippen molar-refractivity contribution in [3.05, 3.63) is 34.0 Å². The highest BCUT2D eigenvalue weighted by Gasteiger charge is 2.40. The van der Waals surface area contributed by atoms with E-state index in [4.69, 9.17) is 4.98 Å². The molecule has 10 heteroatoms. The van der Waals surface area contributed by atoms with Gasteiger partial charge in [-0.1, -0.05) is 6.92 Å². The van der Waals surface area contributed by atoms with Crippen LogP contribution < -0.4 is 10.6 Å². The SMILES string of the molecule is CNC(=O)[C@]1(C)CC[C@@H](Nc2ncc3c(Br)nn(-c4ccc5nc(C)sc5c4)c3n2)C1. The van der Waals surface area contributed by atoms with E-state index in [9.17, 15) is 4.79 Å². The summed E-state index contributed by atoms with van der Waals surface area (Å²) in [7, 11) is 1.69. The van der Waals surface area contributed by atoms with Crippen LogP contribution in [0, 0.1) is 12.3 Å². The van der Waals surface area contributed by atoms with Crippen LogP contribution in [-0.2, 0) is 4.79 Å². The topological polar surface area (TPSA) is 97.6 Å². The summed E-state index contributed by atoms with van der Waals surface area (Å²) >= 11 is 5.19. The van der Waals surface area contributed by atoms with Crippen LogP contribution in [0.15, 0.2) is 29.0 Å². The van der Waals surface area contributed by atoms with Crippen molar-refractivity contribution in [2.45, 2.75) is 39.2 Å². The first-order valence-electron chi connectivity index (χ1n) is 10.1. The first-order chi connectivity index (χ1) is 14.9. The van der Waals surface area contributed by atoms with Gasteiger partial charge in [0.25, 0.3) is 0 Å². The van der Waals surface area contributed by atoms with Gasteiger partial charge in [-0.15, -0.1) is 11.3 Å². The lowest BCUT2D eigenvalue weighted by molar-refractivity contribution is -0.129. The number of carbonyl (C=O) groups excluding carboxylic acids is 1. The lowest BCUT2D eigenvalue weighted by Gasteiger charge is -2.22. The summed E-state index contributed by atoms with van der Waals surface area (Å²) in [6.45, 7) is 4.02. The number of nitrogens with one attached hydrogen (secondary N) is 2. The largest absolute Gasteiger partial charge is 0.359 e. The molecule has 0 bridgehead atoms. The number of hydrogen-bond donors (Lipinski definition) is 2. The molecule has 1 fully saturated rings. The van der Waals surface area contributed by atoms with E-state index in [1.807, 2.05) is 30.7 Å². The lowest BCUT2D eigenvalue weighted by Crippen LogP contribution is -2.35. The Morgan fingerprint density at radius 3 is 3.00 bits per heavy atom. The fourth-order valence-corrected chi connectivity index (χ4v) is 5.63. The zero-order valence-corrected chi connectivity index (χ0v) is 19.8. The highest BCUT2D eigenvalue weighted by atomic mass is 79.9. The summed E-state index contributed by atoms with van der Waals surface area (Å²) in [5, 5.41) is 12.7. The first kappa shape index (κ1) is 20.3. The number of thiazole rings is 1. The number of rotatable bonds is 4. The van der Waals surface area contributed by atoms with Crippen molar-refractivity contribution in [1.29, 1.82) is 0 Å². The maximum Gasteiger partial charge on any atom is 0.225 e. The number of carbonyl (C=O) groups is 1. The number of anilines is 1. The molecule has 2 atom stereocenters. The Morgan fingerprint density at radius 2 is 2.19 bits per heavy atom. The molecule has 3 heterocycles. The van der Waals surface area contributed by atoms with Crippen LogP contribution in [0.4, 0.5) is 5.95 Å². The van der Waals surface area contributed by atoms with Gasteiger partial charge in [0.15, 0.2) is 5.65 Å². The second-order valence-corrected chi connectivity index (χ2v) is 10.2. The van der Waals surface area contributed by atoms with E-state index in [-0.39, 0.29) is 17.4 Å². The van der Waals surface area contributed by atoms with Crippen LogP contribution in [0.3, 0.4) is 0 Å². The average molecular weight is 500 g/mol. The molecule has 31 heavy (non-hydrogen) atoms. The Balaban J connectivity index is 1.47. The van der Waals surface area contributed by atoms with Gasteiger partial charge in [0.05, 0.1) is 26.3 Å². The summed E-state index contributed by atoms with van der Waals surface area (Å²) in [6.07, 6.45) is 4.26. The molecule has 1 aromatic carbocycles. The summed E-state index contributed by atoms with van der Waals surface area (Å²) in [4.78, 5) is 26.0. The van der Waals surface area contributed by atoms with E-state index in [1.165, 1.54) is 0 Å². The van der Waals surface area contributed by atoms with Gasteiger partial charge in [0.1, 0.15) is 4.60 Å². The fourth-order valence-electron chi connectivity index (χ4n) is 4.33. The zero-order chi connectivity index (χ0) is 21.8. The Hall–Kier alpha value is -2.59. The maximum atomic E-state index is 12.2. The number of amides is 1. The van der Waals surface area contributed by atoms with Crippen molar-refractivity contribution in [3.63, 3.8) is 0 Å². The van der Waals surface area contributed by atoms with Crippen molar-refractivity contribution < 1.29 is 4.79 Å². The predicted molar refractivity (Wildman–Crippen MR) is 126 cm³/mol. The van der Waals surface area contributed by atoms with Gasteiger partial charge in [-0.3, -0.25) is 4.79 Å². The number of nitrogens with zero attached hydrogens (tertiary/aromatic N) is 5. The zero-order valence-electron chi connectivity index (χ0n) is 17.4. The highest BCUT2D eigenvalue weighted by molar-refractivity contribution is 9.10. The Labute approximate surface area is 191 Å². The molecule has 2 N–H and O–H groups in total. The molecular formula is C21H22BrN7OS. The second-order valence-electron chi connectivity index (χ2n) is 8.24. The van der Waals surface area contributed by atoms with Gasteiger partial charge < -0.3 is 10.6 Å². The van der Waals surface area contributed by atoms with Crippen molar-refractivity contribution in [2.75, 3.05) is 12.4 Å². The van der Waals surface area contributed by atoms with E-state index in [2.05, 4.69) is 47.7 Å². The molecule has 3 aromatic heterocycles. The van der Waals surface area contributed by atoms with E-state index in [1.54, 1.807) is 24.6 Å². The summed E-state index contributed by atoms with van der Waals surface area (Å²) < 4.78 is 3.63. The quantitative estimate of drug-likeness (QED) is 0.436. The van der Waals surface area contributed by atoms with E-state index >= 15 is 0 Å². The summed E-state index contributed by atoms with van der Waals surface area (Å²) in [6, 6.07) is 6.24. The molecule has 0 aliphatic heterocycles. The predicted octanol–water partition coefficient (Wildman–Crippen LogP) is 4.21. The van der Waals surface area contributed by atoms with Crippen molar-refractivity contribution in [2.24, 2.45) is 5.41 Å². The Kier molecular flexibility index (Phi) is 4.93. The molecule has 5 rings (SSSR count). The fraction of sp³-hybridized carbons (Fsp3) is 0.381. The van der Waals surface area contributed by atoms with Crippen molar-refractivity contribution >= 4 is 60.4 Å². The summed E-state index contributed by atoms with van der Waals surface area (Å²) in [5.74, 6) is 0.630. The minimum atomic E-state index is -0.358. The van der Waals surface area contributed by atoms with Gasteiger partial charge in [0, 0.05) is 24.7 Å².